The van der Waals surface area contributed by atoms with Crippen molar-refractivity contribution >= 4 is 6.08 Å². The number of rotatable bonds is 6. The highest BCUT2D eigenvalue weighted by molar-refractivity contribution is 5.52. The van der Waals surface area contributed by atoms with Crippen LogP contribution in [0.3, 0.4) is 0 Å². The first-order valence-corrected chi connectivity index (χ1v) is 8.05. The van der Waals surface area contributed by atoms with E-state index in [2.05, 4.69) is 4.90 Å². The van der Waals surface area contributed by atoms with E-state index in [1.54, 1.807) is 7.11 Å². The first-order valence-electron chi connectivity index (χ1n) is 8.05. The third-order valence-electron chi connectivity index (χ3n) is 4.77. The molecule has 0 saturated carbocycles. The van der Waals surface area contributed by atoms with Crippen LogP contribution in [0, 0.1) is 5.92 Å². The van der Waals surface area contributed by atoms with Gasteiger partial charge in [-0.15, -0.1) is 0 Å². The fourth-order valence-electron chi connectivity index (χ4n) is 3.43. The van der Waals surface area contributed by atoms with Crippen molar-refractivity contribution in [1.29, 1.82) is 0 Å². The summed E-state index contributed by atoms with van der Waals surface area (Å²) in [5, 5.41) is 10.9. The van der Waals surface area contributed by atoms with Gasteiger partial charge in [-0.2, -0.15) is 0 Å². The zero-order valence-electron chi connectivity index (χ0n) is 13.2. The van der Waals surface area contributed by atoms with Crippen LogP contribution in [0.2, 0.25) is 0 Å². The highest BCUT2D eigenvalue weighted by Gasteiger charge is 2.43. The average Bonchev–Trinajstić information content (AvgIpc) is 2.55. The minimum Gasteiger partial charge on any atom is -0.491 e. The van der Waals surface area contributed by atoms with Crippen molar-refractivity contribution in [2.75, 3.05) is 40.0 Å². The predicted molar refractivity (Wildman–Crippen MR) is 87.0 cm³/mol. The molecule has 1 N–H and O–H groups in total. The van der Waals surface area contributed by atoms with Crippen molar-refractivity contribution in [3.63, 3.8) is 0 Å². The molecule has 4 heteroatoms. The van der Waals surface area contributed by atoms with Crippen molar-refractivity contribution in [2.45, 2.75) is 18.4 Å². The molecule has 0 amide bonds. The van der Waals surface area contributed by atoms with Crippen LogP contribution in [0.5, 0.6) is 5.75 Å². The summed E-state index contributed by atoms with van der Waals surface area (Å²) >= 11 is 0. The molecule has 0 radical (unpaired) electrons. The van der Waals surface area contributed by atoms with Gasteiger partial charge < -0.3 is 19.5 Å². The molecule has 1 atom stereocenters. The van der Waals surface area contributed by atoms with Crippen molar-refractivity contribution in [3.05, 3.63) is 35.9 Å². The Morgan fingerprint density at radius 1 is 1.23 bits per heavy atom. The molecule has 22 heavy (non-hydrogen) atoms. The normalized spacial score (nSPS) is 30.8. The maximum atomic E-state index is 10.9. The summed E-state index contributed by atoms with van der Waals surface area (Å²) in [6.45, 7) is 4.19. The SMILES string of the molecule is COCCOc1ccc(C=CC2(O)CN3CCC2CC3)cc1. The van der Waals surface area contributed by atoms with Crippen LogP contribution in [0.15, 0.2) is 30.3 Å². The Morgan fingerprint density at radius 2 is 1.95 bits per heavy atom. The van der Waals surface area contributed by atoms with Crippen LogP contribution in [0.4, 0.5) is 0 Å². The average molecular weight is 303 g/mol. The van der Waals surface area contributed by atoms with Crippen molar-refractivity contribution < 1.29 is 14.6 Å². The topological polar surface area (TPSA) is 41.9 Å². The minimum absolute atomic E-state index is 0.408. The molecule has 1 aromatic rings. The fourth-order valence-corrected chi connectivity index (χ4v) is 3.43. The lowest BCUT2D eigenvalue weighted by molar-refractivity contribution is -0.0775. The van der Waals surface area contributed by atoms with Gasteiger partial charge in [0.05, 0.1) is 12.2 Å². The Kier molecular flexibility index (Phi) is 4.81. The molecule has 2 bridgehead atoms. The molecule has 1 unspecified atom stereocenters. The van der Waals surface area contributed by atoms with Gasteiger partial charge in [0.2, 0.25) is 0 Å². The number of hydrogen-bond acceptors (Lipinski definition) is 4. The number of benzene rings is 1. The van der Waals surface area contributed by atoms with Crippen molar-refractivity contribution in [3.8, 4) is 5.75 Å². The van der Waals surface area contributed by atoms with Gasteiger partial charge in [-0.05, 0) is 49.5 Å². The first-order chi connectivity index (χ1) is 10.7. The van der Waals surface area contributed by atoms with Gasteiger partial charge in [-0.3, -0.25) is 0 Å². The lowest BCUT2D eigenvalue weighted by atomic mass is 9.75. The van der Waals surface area contributed by atoms with Crippen LogP contribution in [0.25, 0.3) is 6.08 Å². The van der Waals surface area contributed by atoms with E-state index in [4.69, 9.17) is 9.47 Å². The van der Waals surface area contributed by atoms with Crippen LogP contribution in [-0.4, -0.2) is 55.6 Å². The van der Waals surface area contributed by atoms with Gasteiger partial charge in [0.15, 0.2) is 0 Å². The van der Waals surface area contributed by atoms with Gasteiger partial charge in [-0.25, -0.2) is 0 Å². The Balaban J connectivity index is 1.60. The van der Waals surface area contributed by atoms with E-state index >= 15 is 0 Å². The summed E-state index contributed by atoms with van der Waals surface area (Å²) in [5.74, 6) is 1.25. The monoisotopic (exact) mass is 303 g/mol. The summed E-state index contributed by atoms with van der Waals surface area (Å²) in [6, 6.07) is 7.94. The second-order valence-electron chi connectivity index (χ2n) is 6.29. The molecule has 120 valence electrons. The zero-order valence-corrected chi connectivity index (χ0v) is 13.2. The number of hydrogen-bond donors (Lipinski definition) is 1. The fraction of sp³-hybridized carbons (Fsp3) is 0.556. The van der Waals surface area contributed by atoms with Gasteiger partial charge >= 0.3 is 0 Å². The zero-order chi connectivity index (χ0) is 15.4. The van der Waals surface area contributed by atoms with Crippen LogP contribution < -0.4 is 4.74 Å². The molecule has 0 aliphatic carbocycles. The van der Waals surface area contributed by atoms with E-state index in [9.17, 15) is 5.11 Å². The van der Waals surface area contributed by atoms with Crippen LogP contribution in [-0.2, 0) is 4.74 Å². The highest BCUT2D eigenvalue weighted by Crippen LogP contribution is 2.36. The molecule has 3 saturated heterocycles. The third kappa shape index (κ3) is 3.51. The molecule has 4 rings (SSSR count). The third-order valence-corrected chi connectivity index (χ3v) is 4.77. The van der Waals surface area contributed by atoms with Gasteiger partial charge in [0.25, 0.3) is 0 Å². The second kappa shape index (κ2) is 6.82. The standard InChI is InChI=1S/C18H25NO3/c1-21-12-13-22-17-4-2-15(3-5-17)6-9-18(20)14-19-10-7-16(18)8-11-19/h2-6,9,16,20H,7-8,10-14H2,1H3. The molecule has 3 fully saturated rings. The molecular formula is C18H25NO3. The quantitative estimate of drug-likeness (QED) is 0.818. The number of ether oxygens (including phenoxy) is 2. The number of aliphatic hydroxyl groups is 1. The van der Waals surface area contributed by atoms with E-state index in [0.717, 1.165) is 43.8 Å². The Morgan fingerprint density at radius 3 is 2.55 bits per heavy atom. The summed E-state index contributed by atoms with van der Waals surface area (Å²) in [6.07, 6.45) is 6.23. The van der Waals surface area contributed by atoms with E-state index in [0.29, 0.717) is 19.1 Å². The lowest BCUT2D eigenvalue weighted by Gasteiger charge is -2.49. The molecule has 0 spiro atoms. The number of nitrogens with zero attached hydrogens (tertiary/aromatic N) is 1. The number of methoxy groups -OCH3 is 1. The Hall–Kier alpha value is -1.36. The van der Waals surface area contributed by atoms with E-state index in [1.807, 2.05) is 36.4 Å². The molecule has 4 nitrogen and oxygen atoms in total. The summed E-state index contributed by atoms with van der Waals surface area (Å²) in [4.78, 5) is 2.36. The smallest absolute Gasteiger partial charge is 0.119 e. The largest absolute Gasteiger partial charge is 0.491 e. The maximum Gasteiger partial charge on any atom is 0.119 e. The van der Waals surface area contributed by atoms with Gasteiger partial charge in [0.1, 0.15) is 12.4 Å². The summed E-state index contributed by atoms with van der Waals surface area (Å²) < 4.78 is 10.5. The second-order valence-corrected chi connectivity index (χ2v) is 6.29. The van der Waals surface area contributed by atoms with Crippen molar-refractivity contribution in [2.24, 2.45) is 5.92 Å². The van der Waals surface area contributed by atoms with Gasteiger partial charge in [-0.1, -0.05) is 24.3 Å². The van der Waals surface area contributed by atoms with E-state index in [-0.39, 0.29) is 0 Å². The van der Waals surface area contributed by atoms with Crippen LogP contribution in [0.1, 0.15) is 18.4 Å². The number of piperidine rings is 3. The molecule has 3 heterocycles. The van der Waals surface area contributed by atoms with E-state index in [1.165, 1.54) is 0 Å². The Labute approximate surface area is 132 Å². The maximum absolute atomic E-state index is 10.9. The number of fused-ring (bicyclic) bond motifs is 3. The predicted octanol–water partition coefficient (Wildman–Crippen LogP) is 2.18. The molecule has 3 aliphatic rings. The van der Waals surface area contributed by atoms with Gasteiger partial charge in [0, 0.05) is 13.7 Å². The molecule has 1 aromatic carbocycles. The van der Waals surface area contributed by atoms with Crippen LogP contribution >= 0.6 is 0 Å². The highest BCUT2D eigenvalue weighted by atomic mass is 16.5. The summed E-state index contributed by atoms with van der Waals surface area (Å²) in [7, 11) is 1.66. The Bertz CT molecular complexity index is 506. The summed E-state index contributed by atoms with van der Waals surface area (Å²) in [5.41, 5.74) is 0.424. The molecular weight excluding hydrogens is 278 g/mol. The van der Waals surface area contributed by atoms with E-state index < -0.39 is 5.60 Å². The van der Waals surface area contributed by atoms with Crippen molar-refractivity contribution in [1.82, 2.24) is 4.90 Å². The molecule has 0 aromatic heterocycles. The lowest BCUT2D eigenvalue weighted by Crippen LogP contribution is -2.58. The minimum atomic E-state index is -0.663. The first kappa shape index (κ1) is 15.5. The molecule has 3 aliphatic heterocycles.